The summed E-state index contributed by atoms with van der Waals surface area (Å²) in [4.78, 5) is 32.5. The highest BCUT2D eigenvalue weighted by molar-refractivity contribution is 8.01. The van der Waals surface area contributed by atoms with Gasteiger partial charge in [-0.1, -0.05) is 12.1 Å². The summed E-state index contributed by atoms with van der Waals surface area (Å²) in [5, 5.41) is 7.12. The van der Waals surface area contributed by atoms with Gasteiger partial charge in [0.1, 0.15) is 11.3 Å². The summed E-state index contributed by atoms with van der Waals surface area (Å²) >= 11 is 1.94. The molecule has 1 amide bonds. The largest absolute Gasteiger partial charge is 0.490 e. The molecule has 2 fully saturated rings. The number of hydrogen-bond donors (Lipinski definition) is 1. The highest BCUT2D eigenvalue weighted by Crippen LogP contribution is 2.46. The molecule has 0 bridgehead atoms. The lowest BCUT2D eigenvalue weighted by Crippen LogP contribution is -2.60. The molecule has 8 nitrogen and oxygen atoms in total. The second-order valence-corrected chi connectivity index (χ2v) is 9.93. The van der Waals surface area contributed by atoms with Crippen molar-refractivity contribution in [1.82, 2.24) is 19.3 Å². The van der Waals surface area contributed by atoms with Crippen LogP contribution in [0.2, 0.25) is 0 Å². The Kier molecular flexibility index (Phi) is 7.04. The highest BCUT2D eigenvalue weighted by Gasteiger charge is 2.51. The van der Waals surface area contributed by atoms with E-state index in [0.29, 0.717) is 12.3 Å². The number of fused-ring (bicyclic) bond motifs is 1. The number of carboxylic acid groups (broad SMARTS) is 1. The van der Waals surface area contributed by atoms with Crippen LogP contribution in [0.3, 0.4) is 0 Å². The Morgan fingerprint density at radius 1 is 1.23 bits per heavy atom. The fraction of sp³-hybridized carbons (Fsp3) is 0.391. The van der Waals surface area contributed by atoms with Crippen LogP contribution in [0.5, 0.6) is 0 Å². The molecule has 2 saturated heterocycles. The number of nitrogens with zero attached hydrogens (tertiary/aromatic N) is 4. The Bertz CT molecular complexity index is 1230. The van der Waals surface area contributed by atoms with Gasteiger partial charge >= 0.3 is 12.1 Å². The number of aliphatic carboxylic acids is 1. The quantitative estimate of drug-likeness (QED) is 0.575. The Morgan fingerprint density at radius 2 is 1.97 bits per heavy atom. The van der Waals surface area contributed by atoms with Crippen LogP contribution in [0.4, 0.5) is 13.2 Å². The van der Waals surface area contributed by atoms with E-state index in [0.717, 1.165) is 42.3 Å². The van der Waals surface area contributed by atoms with Gasteiger partial charge in [-0.05, 0) is 37.6 Å². The molecule has 3 aromatic heterocycles. The number of carbonyl (C=O) groups excluding carboxylic acids is 1. The van der Waals surface area contributed by atoms with Crippen LogP contribution in [-0.2, 0) is 16.1 Å². The molecule has 5 rings (SSSR count). The van der Waals surface area contributed by atoms with E-state index in [-0.39, 0.29) is 16.8 Å². The minimum absolute atomic E-state index is 0.0539. The summed E-state index contributed by atoms with van der Waals surface area (Å²) < 4.78 is 39.8. The summed E-state index contributed by atoms with van der Waals surface area (Å²) in [6.07, 6.45) is -0.315. The normalized spacial score (nSPS) is 18.7. The Balaban J connectivity index is 0.000000364. The first-order valence-electron chi connectivity index (χ1n) is 10.8. The van der Waals surface area contributed by atoms with Gasteiger partial charge < -0.3 is 14.7 Å². The first kappa shape index (κ1) is 25.0. The number of carboxylic acids is 1. The molecule has 1 N–H and O–H groups in total. The van der Waals surface area contributed by atoms with E-state index >= 15 is 0 Å². The van der Waals surface area contributed by atoms with Crippen LogP contribution in [-0.4, -0.2) is 72.1 Å². The number of amides is 1. The molecule has 1 spiro atoms. The monoisotopic (exact) mass is 508 g/mol. The molecule has 186 valence electrons. The Labute approximate surface area is 203 Å². The lowest BCUT2D eigenvalue weighted by molar-refractivity contribution is -0.192. The molecular formula is C23H23F3N4O4S. The van der Waals surface area contributed by atoms with Gasteiger partial charge in [0.05, 0.1) is 29.3 Å². The molecule has 12 heteroatoms. The van der Waals surface area contributed by atoms with Crippen LogP contribution in [0.25, 0.3) is 5.65 Å². The molecular weight excluding hydrogens is 485 g/mol. The van der Waals surface area contributed by atoms with Crippen LogP contribution >= 0.6 is 11.8 Å². The van der Waals surface area contributed by atoms with Gasteiger partial charge in [-0.2, -0.15) is 13.2 Å². The molecule has 0 radical (unpaired) electrons. The molecule has 5 heterocycles. The van der Waals surface area contributed by atoms with Crippen molar-refractivity contribution in [3.8, 4) is 0 Å². The number of thioether (sulfide) groups is 1. The first-order valence-corrected chi connectivity index (χ1v) is 11.7. The van der Waals surface area contributed by atoms with E-state index in [1.807, 2.05) is 70.6 Å². The van der Waals surface area contributed by atoms with Crippen molar-refractivity contribution < 1.29 is 32.6 Å². The van der Waals surface area contributed by atoms with Crippen molar-refractivity contribution in [1.29, 1.82) is 0 Å². The molecule has 2 aliphatic rings. The molecule has 1 unspecified atom stereocenters. The minimum Gasteiger partial charge on any atom is -0.475 e. The number of halogens is 3. The lowest BCUT2D eigenvalue weighted by Gasteiger charge is -2.47. The molecule has 0 saturated carbocycles. The number of ether oxygens (including phenoxy) is 1. The van der Waals surface area contributed by atoms with Gasteiger partial charge in [-0.25, -0.2) is 9.78 Å². The van der Waals surface area contributed by atoms with E-state index in [1.54, 1.807) is 6.20 Å². The summed E-state index contributed by atoms with van der Waals surface area (Å²) in [6, 6.07) is 11.8. The van der Waals surface area contributed by atoms with Crippen molar-refractivity contribution in [3.05, 3.63) is 65.9 Å². The number of aromatic nitrogens is 3. The maximum atomic E-state index is 12.9. The van der Waals surface area contributed by atoms with Crippen molar-refractivity contribution in [2.45, 2.75) is 37.0 Å². The van der Waals surface area contributed by atoms with Crippen LogP contribution in [0, 0.1) is 6.92 Å². The minimum atomic E-state index is -5.08. The Morgan fingerprint density at radius 3 is 2.66 bits per heavy atom. The van der Waals surface area contributed by atoms with Gasteiger partial charge in [0.15, 0.2) is 0 Å². The van der Waals surface area contributed by atoms with Gasteiger partial charge in [0, 0.05) is 30.7 Å². The van der Waals surface area contributed by atoms with Crippen molar-refractivity contribution in [2.75, 3.05) is 18.8 Å². The standard InChI is InChI=1S/C21H22N4O2S.C2HF3O2/c1-15-5-4-6-16(23-15)11-27-17-9-21(28-12-17)13-24(14-21)20(26)18-10-22-19-7-2-3-8-25(18)19;3-2(4,5)1(6)7/h2-8,10,17H,9,11-14H2,1H3;(H,6,7). The number of alkyl halides is 3. The average molecular weight is 509 g/mol. The predicted octanol–water partition coefficient (Wildman–Crippen LogP) is 3.59. The maximum absolute atomic E-state index is 12.9. The first-order chi connectivity index (χ1) is 16.6. The van der Waals surface area contributed by atoms with Gasteiger partial charge in [-0.15, -0.1) is 11.8 Å². The average Bonchev–Trinajstić information content (AvgIpc) is 3.41. The smallest absolute Gasteiger partial charge is 0.475 e. The number of aryl methyl sites for hydroxylation is 1. The number of rotatable bonds is 4. The van der Waals surface area contributed by atoms with Crippen LogP contribution in [0.1, 0.15) is 28.3 Å². The number of pyridine rings is 2. The van der Waals surface area contributed by atoms with E-state index in [2.05, 4.69) is 9.97 Å². The van der Waals surface area contributed by atoms with Crippen LogP contribution < -0.4 is 0 Å². The zero-order valence-electron chi connectivity index (χ0n) is 18.7. The second kappa shape index (κ2) is 9.86. The maximum Gasteiger partial charge on any atom is 0.490 e. The third-order valence-electron chi connectivity index (χ3n) is 5.71. The number of carbonyl (C=O) groups is 2. The summed E-state index contributed by atoms with van der Waals surface area (Å²) in [6.45, 7) is 4.10. The van der Waals surface area contributed by atoms with E-state index in [1.165, 1.54) is 0 Å². The number of hydrogen-bond acceptors (Lipinski definition) is 6. The van der Waals surface area contributed by atoms with Gasteiger partial charge in [0.2, 0.25) is 0 Å². The molecule has 0 aromatic carbocycles. The molecule has 0 aliphatic carbocycles. The van der Waals surface area contributed by atoms with Gasteiger partial charge in [-0.3, -0.25) is 14.2 Å². The van der Waals surface area contributed by atoms with Crippen LogP contribution in [0.15, 0.2) is 48.8 Å². The molecule has 35 heavy (non-hydrogen) atoms. The molecule has 1 atom stereocenters. The Hall–Kier alpha value is -3.12. The summed E-state index contributed by atoms with van der Waals surface area (Å²) in [7, 11) is 0. The van der Waals surface area contributed by atoms with E-state index in [4.69, 9.17) is 14.6 Å². The highest BCUT2D eigenvalue weighted by atomic mass is 32.2. The van der Waals surface area contributed by atoms with Crippen molar-refractivity contribution >= 4 is 29.3 Å². The number of imidazole rings is 1. The van der Waals surface area contributed by atoms with Gasteiger partial charge in [0.25, 0.3) is 5.91 Å². The summed E-state index contributed by atoms with van der Waals surface area (Å²) in [5.74, 6) is -1.73. The SMILES string of the molecule is Cc1cccc(COC2CSC3(C2)CN(C(=O)c2cnc4ccccn24)C3)n1.O=C(O)C(F)(F)F. The number of likely N-dealkylation sites (tertiary alicyclic amines) is 1. The lowest BCUT2D eigenvalue weighted by atomic mass is 9.92. The third-order valence-corrected chi connectivity index (χ3v) is 7.29. The fourth-order valence-electron chi connectivity index (χ4n) is 4.06. The van der Waals surface area contributed by atoms with Crippen molar-refractivity contribution in [3.63, 3.8) is 0 Å². The molecule has 3 aromatic rings. The fourth-order valence-corrected chi connectivity index (χ4v) is 5.61. The third kappa shape index (κ3) is 5.76. The predicted molar refractivity (Wildman–Crippen MR) is 122 cm³/mol. The zero-order chi connectivity index (χ0) is 25.2. The second-order valence-electron chi connectivity index (χ2n) is 8.44. The van der Waals surface area contributed by atoms with E-state index < -0.39 is 12.1 Å². The van der Waals surface area contributed by atoms with Crippen molar-refractivity contribution in [2.24, 2.45) is 0 Å². The summed E-state index contributed by atoms with van der Waals surface area (Å²) in [5.41, 5.74) is 3.42. The van der Waals surface area contributed by atoms with E-state index in [9.17, 15) is 18.0 Å². The molecule has 2 aliphatic heterocycles. The topological polar surface area (TPSA) is 97.0 Å². The zero-order valence-corrected chi connectivity index (χ0v) is 19.6.